The molecule has 5 heteroatoms. The van der Waals surface area contributed by atoms with Gasteiger partial charge < -0.3 is 0 Å². The van der Waals surface area contributed by atoms with Crippen molar-refractivity contribution in [1.29, 1.82) is 0 Å². The summed E-state index contributed by atoms with van der Waals surface area (Å²) in [5, 5.41) is 5.75. The van der Waals surface area contributed by atoms with Crippen molar-refractivity contribution in [3.8, 4) is 5.69 Å². The molecule has 176 valence electrons. The van der Waals surface area contributed by atoms with Crippen molar-refractivity contribution in [2.45, 2.75) is 33.4 Å². The van der Waals surface area contributed by atoms with Gasteiger partial charge >= 0.3 is 0 Å². The Morgan fingerprint density at radius 2 is 1.76 bits per heavy atom. The van der Waals surface area contributed by atoms with Gasteiger partial charge in [-0.3, -0.25) is 9.80 Å². The number of fused-ring (bicyclic) bond motifs is 1. The maximum absolute atomic E-state index is 13.4. The molecule has 1 aliphatic rings. The van der Waals surface area contributed by atoms with Crippen LogP contribution < -0.4 is 0 Å². The lowest BCUT2D eigenvalue weighted by atomic mass is 9.95. The third kappa shape index (κ3) is 4.77. The number of aryl methyl sites for hydroxylation is 1. The van der Waals surface area contributed by atoms with Gasteiger partial charge in [0, 0.05) is 44.2 Å². The topological polar surface area (TPSA) is 24.3 Å². The van der Waals surface area contributed by atoms with Crippen LogP contribution in [-0.2, 0) is 6.54 Å². The number of rotatable bonds is 6. The molecular weight excluding hydrogens is 423 g/mol. The summed E-state index contributed by atoms with van der Waals surface area (Å²) in [6.07, 6.45) is 1.93. The molecule has 0 amide bonds. The van der Waals surface area contributed by atoms with Crippen molar-refractivity contribution < 1.29 is 4.39 Å². The van der Waals surface area contributed by atoms with Crippen molar-refractivity contribution in [2.24, 2.45) is 5.92 Å². The van der Waals surface area contributed by atoms with E-state index in [9.17, 15) is 4.39 Å². The van der Waals surface area contributed by atoms with Crippen LogP contribution in [0.25, 0.3) is 16.6 Å². The second-order valence-electron chi connectivity index (χ2n) is 9.93. The quantitative estimate of drug-likeness (QED) is 0.356. The average molecular weight is 457 g/mol. The molecule has 3 aromatic carbocycles. The summed E-state index contributed by atoms with van der Waals surface area (Å²) in [5.74, 6) is 0.384. The van der Waals surface area contributed by atoms with Crippen molar-refractivity contribution in [1.82, 2.24) is 19.6 Å². The van der Waals surface area contributed by atoms with Gasteiger partial charge in [0.25, 0.3) is 0 Å². The third-order valence-corrected chi connectivity index (χ3v) is 6.81. The molecule has 34 heavy (non-hydrogen) atoms. The van der Waals surface area contributed by atoms with Crippen LogP contribution in [0.5, 0.6) is 0 Å². The van der Waals surface area contributed by atoms with Gasteiger partial charge in [0.1, 0.15) is 5.82 Å². The largest absolute Gasteiger partial charge is 0.296 e. The Kier molecular flexibility index (Phi) is 6.48. The van der Waals surface area contributed by atoms with E-state index in [0.29, 0.717) is 12.0 Å². The molecule has 0 spiro atoms. The first-order chi connectivity index (χ1) is 16.5. The molecule has 1 aliphatic heterocycles. The Morgan fingerprint density at radius 3 is 2.50 bits per heavy atom. The molecule has 1 atom stereocenters. The normalized spacial score (nSPS) is 17.6. The monoisotopic (exact) mass is 456 g/mol. The Labute approximate surface area is 201 Å². The fourth-order valence-electron chi connectivity index (χ4n) is 5.19. The minimum absolute atomic E-state index is 0.235. The highest BCUT2D eigenvalue weighted by Gasteiger charge is 2.30. The first-order valence-electron chi connectivity index (χ1n) is 12.2. The first kappa shape index (κ1) is 22.8. The molecule has 0 radical (unpaired) electrons. The molecule has 0 saturated carbocycles. The molecule has 2 heterocycles. The van der Waals surface area contributed by atoms with Crippen molar-refractivity contribution in [3.63, 3.8) is 0 Å². The Balaban J connectivity index is 1.47. The van der Waals surface area contributed by atoms with Gasteiger partial charge in [-0.15, -0.1) is 0 Å². The molecule has 1 fully saturated rings. The zero-order chi connectivity index (χ0) is 23.7. The molecule has 0 bridgehead atoms. The summed E-state index contributed by atoms with van der Waals surface area (Å²) in [7, 11) is 0. The molecule has 0 aliphatic carbocycles. The molecule has 4 nitrogen and oxygen atoms in total. The smallest absolute Gasteiger partial charge is 0.123 e. The van der Waals surface area contributed by atoms with E-state index < -0.39 is 0 Å². The fourth-order valence-corrected chi connectivity index (χ4v) is 5.19. The summed E-state index contributed by atoms with van der Waals surface area (Å²) < 4.78 is 15.3. The van der Waals surface area contributed by atoms with Crippen LogP contribution in [0, 0.1) is 18.7 Å². The van der Waals surface area contributed by atoms with E-state index in [4.69, 9.17) is 0 Å². The van der Waals surface area contributed by atoms with E-state index in [-0.39, 0.29) is 5.82 Å². The zero-order valence-electron chi connectivity index (χ0n) is 20.3. The zero-order valence-corrected chi connectivity index (χ0v) is 20.3. The second kappa shape index (κ2) is 9.69. The summed E-state index contributed by atoms with van der Waals surface area (Å²) in [5.41, 5.74) is 5.95. The SMILES string of the molecule is Cc1cc2c(cnn2-c2ccc(F)cc2)cc1[C@@H]1CN(Cc2ccccc2)CCN1CC(C)C. The highest BCUT2D eigenvalue weighted by Crippen LogP contribution is 2.32. The van der Waals surface area contributed by atoms with Crippen molar-refractivity contribution >= 4 is 10.9 Å². The van der Waals surface area contributed by atoms with E-state index in [2.05, 4.69) is 78.1 Å². The minimum atomic E-state index is -0.235. The lowest BCUT2D eigenvalue weighted by Crippen LogP contribution is -2.49. The van der Waals surface area contributed by atoms with E-state index in [1.54, 1.807) is 12.1 Å². The van der Waals surface area contributed by atoms with Crippen LogP contribution >= 0.6 is 0 Å². The third-order valence-electron chi connectivity index (χ3n) is 6.81. The van der Waals surface area contributed by atoms with Gasteiger partial charge in [-0.2, -0.15) is 5.10 Å². The Hall–Kier alpha value is -3.02. The predicted octanol–water partition coefficient (Wildman–Crippen LogP) is 5.99. The number of nitrogens with zero attached hydrogens (tertiary/aromatic N) is 4. The molecule has 1 aromatic heterocycles. The highest BCUT2D eigenvalue weighted by molar-refractivity contribution is 5.82. The summed E-state index contributed by atoms with van der Waals surface area (Å²) in [4.78, 5) is 5.24. The predicted molar refractivity (Wildman–Crippen MR) is 137 cm³/mol. The molecule has 0 N–H and O–H groups in total. The van der Waals surface area contributed by atoms with Crippen LogP contribution in [0.4, 0.5) is 4.39 Å². The Bertz CT molecular complexity index is 1250. The summed E-state index contributed by atoms with van der Waals surface area (Å²) in [6.45, 7) is 12.1. The standard InChI is InChI=1S/C29H33FN4/c1-21(2)18-33-14-13-32(19-23-7-5-4-6-8-23)20-29(33)27-16-24-17-31-34(28(24)15-22(27)3)26-11-9-25(30)10-12-26/h4-12,15-17,21,29H,13-14,18-20H2,1-3H3/t29-/m0/s1. The van der Waals surface area contributed by atoms with Crippen LogP contribution in [0.15, 0.2) is 72.9 Å². The summed E-state index contributed by atoms with van der Waals surface area (Å²) >= 11 is 0. The van der Waals surface area contributed by atoms with Gasteiger partial charge in [0.2, 0.25) is 0 Å². The van der Waals surface area contributed by atoms with Gasteiger partial charge in [0.05, 0.1) is 17.4 Å². The molecule has 5 rings (SSSR count). The summed E-state index contributed by atoms with van der Waals surface area (Å²) in [6, 6.07) is 22.2. The van der Waals surface area contributed by atoms with Gasteiger partial charge in [0.15, 0.2) is 0 Å². The minimum Gasteiger partial charge on any atom is -0.296 e. The molecule has 1 saturated heterocycles. The van der Waals surface area contributed by atoms with Crippen LogP contribution in [0.2, 0.25) is 0 Å². The van der Waals surface area contributed by atoms with Gasteiger partial charge in [-0.05, 0) is 65.9 Å². The second-order valence-corrected chi connectivity index (χ2v) is 9.93. The average Bonchev–Trinajstić information content (AvgIpc) is 3.23. The maximum Gasteiger partial charge on any atom is 0.123 e. The highest BCUT2D eigenvalue weighted by atomic mass is 19.1. The van der Waals surface area contributed by atoms with Gasteiger partial charge in [-0.1, -0.05) is 44.2 Å². The molecular formula is C29H33FN4. The van der Waals surface area contributed by atoms with E-state index in [0.717, 1.165) is 49.3 Å². The lowest BCUT2D eigenvalue weighted by Gasteiger charge is -2.43. The number of hydrogen-bond donors (Lipinski definition) is 0. The first-order valence-corrected chi connectivity index (χ1v) is 12.2. The number of aromatic nitrogens is 2. The Morgan fingerprint density at radius 1 is 1.00 bits per heavy atom. The van der Waals surface area contributed by atoms with Crippen LogP contribution in [-0.4, -0.2) is 45.8 Å². The van der Waals surface area contributed by atoms with Crippen LogP contribution in [0.1, 0.15) is 36.6 Å². The molecule has 4 aromatic rings. The lowest BCUT2D eigenvalue weighted by molar-refractivity contribution is 0.0605. The van der Waals surface area contributed by atoms with E-state index >= 15 is 0 Å². The maximum atomic E-state index is 13.4. The number of hydrogen-bond acceptors (Lipinski definition) is 3. The number of benzene rings is 3. The van der Waals surface area contributed by atoms with Crippen LogP contribution in [0.3, 0.4) is 0 Å². The number of piperazine rings is 1. The fraction of sp³-hybridized carbons (Fsp3) is 0.345. The van der Waals surface area contributed by atoms with Gasteiger partial charge in [-0.25, -0.2) is 9.07 Å². The van der Waals surface area contributed by atoms with E-state index in [1.807, 2.05) is 10.9 Å². The number of halogens is 1. The van der Waals surface area contributed by atoms with Crippen molar-refractivity contribution in [3.05, 3.63) is 95.4 Å². The molecule has 0 unspecified atom stereocenters. The van der Waals surface area contributed by atoms with E-state index in [1.165, 1.54) is 28.8 Å². The van der Waals surface area contributed by atoms with Crippen molar-refractivity contribution in [2.75, 3.05) is 26.2 Å².